The number of benzene rings is 2. The quantitative estimate of drug-likeness (QED) is 0.376. The Balaban J connectivity index is 1.38. The summed E-state index contributed by atoms with van der Waals surface area (Å²) in [5.74, 6) is -1.62. The zero-order chi connectivity index (χ0) is 26.2. The Bertz CT molecular complexity index is 1510. The predicted octanol–water partition coefficient (Wildman–Crippen LogP) is 3.27. The third-order valence-corrected chi connectivity index (χ3v) is 6.50. The van der Waals surface area contributed by atoms with Crippen LogP contribution in [0.5, 0.6) is 0 Å². The van der Waals surface area contributed by atoms with Crippen molar-refractivity contribution >= 4 is 28.7 Å². The Morgan fingerprint density at radius 3 is 2.51 bits per heavy atom. The van der Waals surface area contributed by atoms with Crippen molar-refractivity contribution in [1.29, 1.82) is 0 Å². The van der Waals surface area contributed by atoms with Crippen molar-refractivity contribution in [2.45, 2.75) is 31.3 Å². The number of amides is 2. The summed E-state index contributed by atoms with van der Waals surface area (Å²) in [7, 11) is 1.26. The Morgan fingerprint density at radius 1 is 1.05 bits per heavy atom. The molecule has 37 heavy (non-hydrogen) atoms. The van der Waals surface area contributed by atoms with Crippen LogP contribution in [-0.2, 0) is 15.1 Å². The predicted molar refractivity (Wildman–Crippen MR) is 133 cm³/mol. The molecule has 2 N–H and O–H groups in total. The first kappa shape index (κ1) is 24.1. The maximum atomic E-state index is 13.4. The van der Waals surface area contributed by atoms with Gasteiger partial charge in [0, 0.05) is 17.1 Å². The number of nitrogens with zero attached hydrogens (tertiary/aromatic N) is 3. The highest BCUT2D eigenvalue weighted by Gasteiger charge is 2.46. The highest BCUT2D eigenvalue weighted by molar-refractivity contribution is 6.06. The molecule has 2 aromatic carbocycles. The number of hydrogen-bond acceptors (Lipinski definition) is 6. The second-order valence-electron chi connectivity index (χ2n) is 8.99. The number of ether oxygens (including phenoxy) is 1. The van der Waals surface area contributed by atoms with E-state index in [0.717, 1.165) is 5.56 Å². The number of fused-ring (bicyclic) bond motifs is 1. The van der Waals surface area contributed by atoms with Gasteiger partial charge in [-0.3, -0.25) is 14.6 Å². The minimum absolute atomic E-state index is 0.316. The first-order valence-electron chi connectivity index (χ1n) is 11.7. The van der Waals surface area contributed by atoms with Crippen molar-refractivity contribution in [3.63, 3.8) is 0 Å². The summed E-state index contributed by atoms with van der Waals surface area (Å²) in [6.07, 6.45) is 6.10. The van der Waals surface area contributed by atoms with Crippen LogP contribution in [0.4, 0.5) is 4.39 Å². The Morgan fingerprint density at radius 2 is 1.81 bits per heavy atom. The largest absolute Gasteiger partial charge is 0.467 e. The van der Waals surface area contributed by atoms with Gasteiger partial charge in [0.05, 0.1) is 41.8 Å². The van der Waals surface area contributed by atoms with Crippen molar-refractivity contribution in [3.05, 3.63) is 89.6 Å². The molecule has 10 heteroatoms. The molecule has 1 fully saturated rings. The average molecular weight is 502 g/mol. The van der Waals surface area contributed by atoms with Gasteiger partial charge < -0.3 is 15.4 Å². The molecule has 9 nitrogen and oxygen atoms in total. The molecule has 0 spiro atoms. The molecule has 2 heterocycles. The molecule has 0 radical (unpaired) electrons. The number of rotatable bonds is 7. The summed E-state index contributed by atoms with van der Waals surface area (Å²) in [6.45, 7) is 1.54. The molecule has 2 aromatic heterocycles. The van der Waals surface area contributed by atoms with Crippen LogP contribution in [0, 0.1) is 5.82 Å². The Kier molecular flexibility index (Phi) is 6.16. The van der Waals surface area contributed by atoms with E-state index in [2.05, 4.69) is 25.5 Å². The maximum absolute atomic E-state index is 13.4. The van der Waals surface area contributed by atoms with Gasteiger partial charge in [0.1, 0.15) is 11.9 Å². The highest BCUT2D eigenvalue weighted by atomic mass is 19.1. The summed E-state index contributed by atoms with van der Waals surface area (Å²) in [6, 6.07) is 12.1. The zero-order valence-corrected chi connectivity index (χ0v) is 20.2. The summed E-state index contributed by atoms with van der Waals surface area (Å²) in [5.41, 5.74) is 2.17. The molecule has 0 bridgehead atoms. The normalized spacial score (nSPS) is 14.6. The lowest BCUT2D eigenvalue weighted by Gasteiger charge is -2.19. The first-order chi connectivity index (χ1) is 17.8. The monoisotopic (exact) mass is 501 g/mol. The van der Waals surface area contributed by atoms with E-state index in [9.17, 15) is 18.8 Å². The van der Waals surface area contributed by atoms with Gasteiger partial charge in [0.15, 0.2) is 0 Å². The van der Waals surface area contributed by atoms with Gasteiger partial charge >= 0.3 is 5.97 Å². The fourth-order valence-electron chi connectivity index (χ4n) is 4.28. The summed E-state index contributed by atoms with van der Waals surface area (Å²) < 4.78 is 19.6. The van der Waals surface area contributed by atoms with Crippen molar-refractivity contribution in [3.8, 4) is 5.69 Å². The van der Waals surface area contributed by atoms with Crippen LogP contribution >= 0.6 is 0 Å². The Hall–Kier alpha value is -4.60. The number of aromatic nitrogens is 3. The van der Waals surface area contributed by atoms with Gasteiger partial charge in [-0.05, 0) is 61.7 Å². The lowest BCUT2D eigenvalue weighted by molar-refractivity contribution is -0.142. The molecule has 2 amide bonds. The van der Waals surface area contributed by atoms with E-state index in [1.165, 1.54) is 25.4 Å². The van der Waals surface area contributed by atoms with Gasteiger partial charge in [-0.1, -0.05) is 12.1 Å². The number of hydrogen-bond donors (Lipinski definition) is 2. The Labute approximate surface area is 211 Å². The number of halogens is 1. The number of methoxy groups -OCH3 is 1. The fourth-order valence-corrected chi connectivity index (χ4v) is 4.28. The van der Waals surface area contributed by atoms with Crippen LogP contribution in [0.2, 0.25) is 0 Å². The summed E-state index contributed by atoms with van der Waals surface area (Å²) in [5, 5.41) is 10.7. The molecule has 1 unspecified atom stereocenters. The minimum Gasteiger partial charge on any atom is -0.467 e. The van der Waals surface area contributed by atoms with E-state index in [1.807, 2.05) is 6.07 Å². The lowest BCUT2D eigenvalue weighted by atomic mass is 10.0. The van der Waals surface area contributed by atoms with Gasteiger partial charge in [0.2, 0.25) is 0 Å². The van der Waals surface area contributed by atoms with Gasteiger partial charge in [0.25, 0.3) is 11.8 Å². The number of nitrogens with one attached hydrogen (secondary N) is 2. The summed E-state index contributed by atoms with van der Waals surface area (Å²) >= 11 is 0. The second kappa shape index (κ2) is 9.45. The van der Waals surface area contributed by atoms with E-state index in [1.54, 1.807) is 54.3 Å². The van der Waals surface area contributed by atoms with E-state index in [0.29, 0.717) is 40.6 Å². The molecule has 188 valence electrons. The van der Waals surface area contributed by atoms with Crippen molar-refractivity contribution in [2.75, 3.05) is 7.11 Å². The molecule has 1 aliphatic carbocycles. The van der Waals surface area contributed by atoms with Crippen LogP contribution in [0.25, 0.3) is 16.6 Å². The van der Waals surface area contributed by atoms with E-state index in [4.69, 9.17) is 0 Å². The van der Waals surface area contributed by atoms with Crippen LogP contribution in [0.1, 0.15) is 46.0 Å². The van der Waals surface area contributed by atoms with Crippen molar-refractivity contribution < 1.29 is 23.5 Å². The van der Waals surface area contributed by atoms with Crippen molar-refractivity contribution in [1.82, 2.24) is 25.4 Å². The third kappa shape index (κ3) is 4.65. The molecule has 1 atom stereocenters. The molecule has 0 saturated heterocycles. The molecule has 1 saturated carbocycles. The molecule has 0 aliphatic heterocycles. The van der Waals surface area contributed by atoms with Crippen LogP contribution in [0.15, 0.2) is 67.1 Å². The second-order valence-corrected chi connectivity index (χ2v) is 8.99. The molecular weight excluding hydrogens is 477 g/mol. The van der Waals surface area contributed by atoms with E-state index in [-0.39, 0.29) is 11.7 Å². The number of esters is 1. The van der Waals surface area contributed by atoms with Gasteiger partial charge in [-0.25, -0.2) is 13.9 Å². The molecule has 5 rings (SSSR count). The lowest BCUT2D eigenvalue weighted by Crippen LogP contribution is -2.39. The van der Waals surface area contributed by atoms with E-state index >= 15 is 0 Å². The number of carbonyl (C=O) groups excluding carboxylic acids is 3. The van der Waals surface area contributed by atoms with Gasteiger partial charge in [-0.15, -0.1) is 0 Å². The van der Waals surface area contributed by atoms with E-state index < -0.39 is 23.5 Å². The smallest absolute Gasteiger partial charge is 0.328 e. The topological polar surface area (TPSA) is 115 Å². The third-order valence-electron chi connectivity index (χ3n) is 6.50. The van der Waals surface area contributed by atoms with Gasteiger partial charge in [-0.2, -0.15) is 5.10 Å². The van der Waals surface area contributed by atoms with Crippen LogP contribution < -0.4 is 10.6 Å². The highest BCUT2D eigenvalue weighted by Crippen LogP contribution is 2.46. The van der Waals surface area contributed by atoms with Crippen LogP contribution in [0.3, 0.4) is 0 Å². The minimum atomic E-state index is -0.792. The standard InChI is InChI=1S/C27H24FN5O4/c1-16(26(36)37-2)31-24(34)17-4-3-5-18(12-17)27(10-11-27)32-25(35)22-13-29-15-23-21(22)14-30-33(23)20-8-6-19(28)7-9-20/h3-9,12-16H,10-11H2,1-2H3,(H,31,34)(H,32,35). The number of carbonyl (C=O) groups is 3. The fraction of sp³-hybridized carbons (Fsp3) is 0.222. The first-order valence-corrected chi connectivity index (χ1v) is 11.7. The average Bonchev–Trinajstić information content (AvgIpc) is 3.57. The maximum Gasteiger partial charge on any atom is 0.328 e. The molecule has 4 aromatic rings. The number of pyridine rings is 1. The SMILES string of the molecule is COC(=O)C(C)NC(=O)c1cccc(C2(NC(=O)c3cncc4c3cnn4-c3ccc(F)cc3)CC2)c1. The summed E-state index contributed by atoms with van der Waals surface area (Å²) in [4.78, 5) is 41.9. The zero-order valence-electron chi connectivity index (χ0n) is 20.2. The van der Waals surface area contributed by atoms with Crippen LogP contribution in [-0.4, -0.2) is 45.7 Å². The molecular formula is C27H24FN5O4. The molecule has 1 aliphatic rings. The van der Waals surface area contributed by atoms with Crippen molar-refractivity contribution in [2.24, 2.45) is 0 Å².